The molecule has 25 heavy (non-hydrogen) atoms. The molecule has 8 heteroatoms. The number of nitriles is 1. The Kier molecular flexibility index (Phi) is 8.06. The van der Waals surface area contributed by atoms with Gasteiger partial charge in [-0.1, -0.05) is 18.2 Å². The molecule has 0 fully saturated rings. The summed E-state index contributed by atoms with van der Waals surface area (Å²) >= 11 is 0. The number of ether oxygens (including phenoxy) is 1. The van der Waals surface area contributed by atoms with E-state index in [-0.39, 0.29) is 24.8 Å². The molecule has 134 valence electrons. The third kappa shape index (κ3) is 6.59. The number of nitrogens with zero attached hydrogens (tertiary/aromatic N) is 1. The lowest BCUT2D eigenvalue weighted by Gasteiger charge is -2.21. The highest BCUT2D eigenvalue weighted by Gasteiger charge is 2.27. The molecule has 0 aliphatic carbocycles. The zero-order chi connectivity index (χ0) is 18.8. The molecule has 0 radical (unpaired) electrons. The van der Waals surface area contributed by atoms with Crippen molar-refractivity contribution in [3.8, 4) is 6.07 Å². The number of halogens is 1. The summed E-state index contributed by atoms with van der Waals surface area (Å²) in [6, 6.07) is 5.68. The maximum Gasteiger partial charge on any atom is 0.328 e. The van der Waals surface area contributed by atoms with Crippen LogP contribution in [-0.2, 0) is 25.5 Å². The van der Waals surface area contributed by atoms with Crippen molar-refractivity contribution >= 4 is 17.8 Å². The van der Waals surface area contributed by atoms with Crippen molar-refractivity contribution in [2.75, 3.05) is 7.11 Å². The van der Waals surface area contributed by atoms with E-state index < -0.39 is 35.7 Å². The highest BCUT2D eigenvalue weighted by molar-refractivity contribution is 5.90. The van der Waals surface area contributed by atoms with Crippen molar-refractivity contribution in [2.45, 2.75) is 38.3 Å². The fourth-order valence-electron chi connectivity index (χ4n) is 2.21. The van der Waals surface area contributed by atoms with Crippen LogP contribution in [-0.4, -0.2) is 37.0 Å². The van der Waals surface area contributed by atoms with Crippen LogP contribution < -0.4 is 10.6 Å². The summed E-state index contributed by atoms with van der Waals surface area (Å²) in [4.78, 5) is 35.5. The van der Waals surface area contributed by atoms with E-state index >= 15 is 0 Å². The fraction of sp³-hybridized carbons (Fsp3) is 0.412. The number of hydrogen-bond donors (Lipinski definition) is 2. The van der Waals surface area contributed by atoms with Gasteiger partial charge in [0.1, 0.15) is 17.9 Å². The highest BCUT2D eigenvalue weighted by atomic mass is 19.1. The molecule has 0 aliphatic rings. The van der Waals surface area contributed by atoms with Gasteiger partial charge in [0.25, 0.3) is 0 Å². The number of nitrogens with one attached hydrogen (secondary N) is 2. The van der Waals surface area contributed by atoms with Crippen LogP contribution in [0.2, 0.25) is 0 Å². The van der Waals surface area contributed by atoms with E-state index in [2.05, 4.69) is 15.4 Å². The van der Waals surface area contributed by atoms with Gasteiger partial charge >= 0.3 is 5.97 Å². The van der Waals surface area contributed by atoms with Crippen LogP contribution in [0.5, 0.6) is 0 Å². The first kappa shape index (κ1) is 20.1. The highest BCUT2D eigenvalue weighted by Crippen LogP contribution is 2.10. The summed E-state index contributed by atoms with van der Waals surface area (Å²) < 4.78 is 18.4. The standard InChI is InChI=1S/C17H20FN3O4/c1-11(22)20-15(10-12-6-3-4-7-13(12)18)16(23)21-14(8-5-9-19)17(24)25-2/h3-4,6-7,14-15H,5,8,10H2,1-2H3,(H,20,22)(H,21,23)/t14-,15-/m0/s1. The van der Waals surface area contributed by atoms with Gasteiger partial charge in [0, 0.05) is 19.8 Å². The molecule has 0 spiro atoms. The Morgan fingerprint density at radius 1 is 1.24 bits per heavy atom. The number of amides is 2. The maximum absolute atomic E-state index is 13.8. The number of carbonyl (C=O) groups is 3. The Balaban J connectivity index is 2.91. The first-order valence-electron chi connectivity index (χ1n) is 7.64. The van der Waals surface area contributed by atoms with Gasteiger partial charge in [-0.2, -0.15) is 5.26 Å². The zero-order valence-electron chi connectivity index (χ0n) is 14.0. The van der Waals surface area contributed by atoms with Crippen LogP contribution >= 0.6 is 0 Å². The van der Waals surface area contributed by atoms with Crippen LogP contribution in [0.3, 0.4) is 0 Å². The van der Waals surface area contributed by atoms with Gasteiger partial charge in [0.15, 0.2) is 0 Å². The number of benzene rings is 1. The van der Waals surface area contributed by atoms with E-state index in [9.17, 15) is 18.8 Å². The van der Waals surface area contributed by atoms with E-state index in [1.807, 2.05) is 6.07 Å². The molecular formula is C17H20FN3O4. The Morgan fingerprint density at radius 2 is 1.92 bits per heavy atom. The second-order valence-electron chi connectivity index (χ2n) is 5.33. The molecule has 0 saturated carbocycles. The van der Waals surface area contributed by atoms with E-state index in [0.717, 1.165) is 0 Å². The number of esters is 1. The largest absolute Gasteiger partial charge is 0.467 e. The molecule has 1 aromatic rings. The number of methoxy groups -OCH3 is 1. The van der Waals surface area contributed by atoms with Crippen LogP contribution in [0.1, 0.15) is 25.3 Å². The molecule has 0 heterocycles. The third-order valence-corrected chi connectivity index (χ3v) is 3.42. The van der Waals surface area contributed by atoms with Gasteiger partial charge in [-0.05, 0) is 18.1 Å². The van der Waals surface area contributed by atoms with Crippen molar-refractivity contribution in [1.29, 1.82) is 5.26 Å². The maximum atomic E-state index is 13.8. The molecule has 0 aliphatic heterocycles. The molecule has 0 aromatic heterocycles. The quantitative estimate of drug-likeness (QED) is 0.676. The average Bonchev–Trinajstić information content (AvgIpc) is 2.58. The fourth-order valence-corrected chi connectivity index (χ4v) is 2.21. The van der Waals surface area contributed by atoms with E-state index in [1.165, 1.54) is 32.2 Å². The lowest BCUT2D eigenvalue weighted by molar-refractivity contribution is -0.145. The monoisotopic (exact) mass is 349 g/mol. The molecule has 2 atom stereocenters. The van der Waals surface area contributed by atoms with Gasteiger partial charge in [-0.3, -0.25) is 9.59 Å². The van der Waals surface area contributed by atoms with Crippen molar-refractivity contribution < 1.29 is 23.5 Å². The van der Waals surface area contributed by atoms with E-state index in [0.29, 0.717) is 0 Å². The van der Waals surface area contributed by atoms with Crippen molar-refractivity contribution in [3.05, 3.63) is 35.6 Å². The molecule has 7 nitrogen and oxygen atoms in total. The summed E-state index contributed by atoms with van der Waals surface area (Å²) in [5, 5.41) is 13.5. The minimum Gasteiger partial charge on any atom is -0.467 e. The van der Waals surface area contributed by atoms with Gasteiger partial charge in [0.2, 0.25) is 11.8 Å². The lowest BCUT2D eigenvalue weighted by Crippen LogP contribution is -2.52. The van der Waals surface area contributed by atoms with Crippen LogP contribution in [0.15, 0.2) is 24.3 Å². The number of rotatable bonds is 8. The molecule has 0 unspecified atom stereocenters. The molecule has 0 bridgehead atoms. The Morgan fingerprint density at radius 3 is 2.48 bits per heavy atom. The summed E-state index contributed by atoms with van der Waals surface area (Å²) in [7, 11) is 1.17. The predicted octanol–water partition coefficient (Wildman–Crippen LogP) is 0.834. The molecular weight excluding hydrogens is 329 g/mol. The molecule has 1 rings (SSSR count). The summed E-state index contributed by atoms with van der Waals surface area (Å²) in [6.45, 7) is 1.23. The Bertz CT molecular complexity index is 672. The van der Waals surface area contributed by atoms with Crippen molar-refractivity contribution in [3.63, 3.8) is 0 Å². The van der Waals surface area contributed by atoms with Crippen LogP contribution in [0, 0.1) is 17.1 Å². The SMILES string of the molecule is COC(=O)[C@H](CCC#N)NC(=O)[C@H](Cc1ccccc1F)NC(C)=O. The second kappa shape index (κ2) is 10.0. The Labute approximate surface area is 145 Å². The third-order valence-electron chi connectivity index (χ3n) is 3.42. The van der Waals surface area contributed by atoms with Gasteiger partial charge in [0.05, 0.1) is 13.2 Å². The van der Waals surface area contributed by atoms with Crippen molar-refractivity contribution in [1.82, 2.24) is 10.6 Å². The molecule has 2 N–H and O–H groups in total. The molecule has 0 saturated heterocycles. The first-order chi connectivity index (χ1) is 11.9. The second-order valence-corrected chi connectivity index (χ2v) is 5.33. The topological polar surface area (TPSA) is 108 Å². The number of hydrogen-bond acceptors (Lipinski definition) is 5. The van der Waals surface area contributed by atoms with Crippen LogP contribution in [0.4, 0.5) is 4.39 Å². The lowest BCUT2D eigenvalue weighted by atomic mass is 10.0. The zero-order valence-corrected chi connectivity index (χ0v) is 14.0. The normalized spacial score (nSPS) is 12.4. The number of carbonyl (C=O) groups excluding carboxylic acids is 3. The van der Waals surface area contributed by atoms with Gasteiger partial charge < -0.3 is 15.4 Å². The van der Waals surface area contributed by atoms with E-state index in [4.69, 9.17) is 5.26 Å². The first-order valence-corrected chi connectivity index (χ1v) is 7.64. The van der Waals surface area contributed by atoms with Crippen LogP contribution in [0.25, 0.3) is 0 Å². The molecule has 2 amide bonds. The molecule has 1 aromatic carbocycles. The predicted molar refractivity (Wildman–Crippen MR) is 86.5 cm³/mol. The summed E-state index contributed by atoms with van der Waals surface area (Å²) in [5.41, 5.74) is 0.253. The minimum atomic E-state index is -1.07. The van der Waals surface area contributed by atoms with Crippen molar-refractivity contribution in [2.24, 2.45) is 0 Å². The minimum absolute atomic E-state index is 0.0398. The van der Waals surface area contributed by atoms with Gasteiger partial charge in [-0.15, -0.1) is 0 Å². The Hall–Kier alpha value is -2.95. The van der Waals surface area contributed by atoms with E-state index in [1.54, 1.807) is 6.07 Å². The average molecular weight is 349 g/mol. The summed E-state index contributed by atoms with van der Waals surface area (Å²) in [6.07, 6.45) is 0.0315. The summed E-state index contributed by atoms with van der Waals surface area (Å²) in [5.74, 6) is -2.33. The van der Waals surface area contributed by atoms with Gasteiger partial charge in [-0.25, -0.2) is 9.18 Å². The smallest absolute Gasteiger partial charge is 0.328 e.